The van der Waals surface area contributed by atoms with E-state index < -0.39 is 0 Å². The summed E-state index contributed by atoms with van der Waals surface area (Å²) in [6.45, 7) is 4.62. The van der Waals surface area contributed by atoms with Crippen molar-refractivity contribution in [1.82, 2.24) is 5.32 Å². The van der Waals surface area contributed by atoms with E-state index in [0.717, 1.165) is 12.3 Å². The lowest BCUT2D eigenvalue weighted by atomic mass is 9.72. The summed E-state index contributed by atoms with van der Waals surface area (Å²) in [7, 11) is 0. The first-order valence-corrected chi connectivity index (χ1v) is 4.91. The van der Waals surface area contributed by atoms with Gasteiger partial charge >= 0.3 is 0 Å². The molecule has 2 nitrogen and oxygen atoms in total. The smallest absolute Gasteiger partial charge is 0.223 e. The molecule has 12 heavy (non-hydrogen) atoms. The van der Waals surface area contributed by atoms with Crippen molar-refractivity contribution >= 4 is 5.91 Å². The van der Waals surface area contributed by atoms with Crippen LogP contribution in [0.25, 0.3) is 0 Å². The number of hydrogen-bond acceptors (Lipinski definition) is 1. The third-order valence-corrected chi connectivity index (χ3v) is 4.53. The van der Waals surface area contributed by atoms with E-state index in [0.29, 0.717) is 29.2 Å². The Balaban J connectivity index is 2.07. The van der Waals surface area contributed by atoms with Gasteiger partial charge in [0.2, 0.25) is 5.91 Å². The summed E-state index contributed by atoms with van der Waals surface area (Å²) in [5.74, 6) is 2.19. The predicted octanol–water partition coefficient (Wildman–Crippen LogP) is 1.17. The Morgan fingerprint density at radius 3 is 2.75 bits per heavy atom. The number of fused-ring (bicyclic) bond motifs is 1. The lowest BCUT2D eigenvalue weighted by Crippen LogP contribution is -2.40. The fraction of sp³-hybridized carbons (Fsp3) is 0.900. The molecule has 1 amide bonds. The molecule has 4 atom stereocenters. The highest BCUT2D eigenvalue weighted by Gasteiger charge is 2.63. The van der Waals surface area contributed by atoms with Gasteiger partial charge in [0.05, 0.1) is 0 Å². The standard InChI is InChI=1S/C10H15NO/c1-10(2)5-3-6-7(4-5)9(12)11-8(6)10/h5-8H,3-4H2,1-2H3,(H,11,12). The molecule has 1 N–H and O–H groups in total. The zero-order valence-corrected chi connectivity index (χ0v) is 7.63. The summed E-state index contributed by atoms with van der Waals surface area (Å²) in [5.41, 5.74) is 0.368. The molecule has 0 aromatic heterocycles. The van der Waals surface area contributed by atoms with Gasteiger partial charge in [-0.1, -0.05) is 13.8 Å². The van der Waals surface area contributed by atoms with Gasteiger partial charge < -0.3 is 5.32 Å². The van der Waals surface area contributed by atoms with E-state index in [2.05, 4.69) is 19.2 Å². The minimum Gasteiger partial charge on any atom is -0.352 e. The lowest BCUT2D eigenvalue weighted by Gasteiger charge is -2.34. The van der Waals surface area contributed by atoms with Crippen molar-refractivity contribution < 1.29 is 4.79 Å². The first-order valence-electron chi connectivity index (χ1n) is 4.91. The topological polar surface area (TPSA) is 29.1 Å². The molecule has 3 fully saturated rings. The van der Waals surface area contributed by atoms with Crippen LogP contribution in [0.2, 0.25) is 0 Å². The van der Waals surface area contributed by atoms with Crippen LogP contribution < -0.4 is 5.32 Å². The molecule has 0 spiro atoms. The average Bonchev–Trinajstić information content (AvgIpc) is 2.53. The molecule has 3 aliphatic rings. The van der Waals surface area contributed by atoms with E-state index in [4.69, 9.17) is 0 Å². The van der Waals surface area contributed by atoms with Crippen molar-refractivity contribution in [1.29, 1.82) is 0 Å². The molecule has 2 aliphatic carbocycles. The summed E-state index contributed by atoms with van der Waals surface area (Å²) in [6, 6.07) is 0.494. The number of rotatable bonds is 0. The van der Waals surface area contributed by atoms with E-state index >= 15 is 0 Å². The van der Waals surface area contributed by atoms with E-state index in [1.165, 1.54) is 6.42 Å². The highest BCUT2D eigenvalue weighted by Crippen LogP contribution is 2.60. The number of hydrogen-bond donors (Lipinski definition) is 1. The predicted molar refractivity (Wildman–Crippen MR) is 45.4 cm³/mol. The van der Waals surface area contributed by atoms with Crippen LogP contribution in [-0.2, 0) is 4.79 Å². The summed E-state index contributed by atoms with van der Waals surface area (Å²) in [4.78, 5) is 11.5. The molecular weight excluding hydrogens is 150 g/mol. The summed E-state index contributed by atoms with van der Waals surface area (Å²) in [5, 5.41) is 3.16. The van der Waals surface area contributed by atoms with E-state index in [1.807, 2.05) is 0 Å². The lowest BCUT2D eigenvalue weighted by molar-refractivity contribution is -0.122. The Bertz CT molecular complexity index is 259. The molecule has 1 aliphatic heterocycles. The van der Waals surface area contributed by atoms with Crippen LogP contribution in [-0.4, -0.2) is 11.9 Å². The minimum absolute atomic E-state index is 0.332. The molecular formula is C10H15NO. The quantitative estimate of drug-likeness (QED) is 0.573. The maximum absolute atomic E-state index is 11.5. The summed E-state index contributed by atoms with van der Waals surface area (Å²) in [6.07, 6.45) is 2.45. The maximum Gasteiger partial charge on any atom is 0.223 e. The number of amides is 1. The Hall–Kier alpha value is -0.530. The van der Waals surface area contributed by atoms with Gasteiger partial charge in [-0.15, -0.1) is 0 Å². The number of carbonyl (C=O) groups is 1. The minimum atomic E-state index is 0.332. The summed E-state index contributed by atoms with van der Waals surface area (Å²) >= 11 is 0. The zero-order chi connectivity index (χ0) is 8.51. The third-order valence-electron chi connectivity index (χ3n) is 4.53. The monoisotopic (exact) mass is 165 g/mol. The molecule has 3 rings (SSSR count). The van der Waals surface area contributed by atoms with Crippen molar-refractivity contribution in [2.45, 2.75) is 32.7 Å². The molecule has 2 saturated carbocycles. The Morgan fingerprint density at radius 2 is 2.17 bits per heavy atom. The van der Waals surface area contributed by atoms with Crippen LogP contribution in [0.15, 0.2) is 0 Å². The van der Waals surface area contributed by atoms with E-state index in [-0.39, 0.29) is 0 Å². The Kier molecular flexibility index (Phi) is 0.984. The molecule has 4 unspecified atom stereocenters. The van der Waals surface area contributed by atoms with Crippen LogP contribution in [0, 0.1) is 23.2 Å². The largest absolute Gasteiger partial charge is 0.352 e. The fourth-order valence-electron chi connectivity index (χ4n) is 3.71. The van der Waals surface area contributed by atoms with Gasteiger partial charge in [0, 0.05) is 12.0 Å². The first kappa shape index (κ1) is 6.93. The Morgan fingerprint density at radius 1 is 1.42 bits per heavy atom. The summed E-state index contributed by atoms with van der Waals surface area (Å²) < 4.78 is 0. The molecule has 1 heterocycles. The van der Waals surface area contributed by atoms with Gasteiger partial charge in [-0.25, -0.2) is 0 Å². The highest BCUT2D eigenvalue weighted by molar-refractivity contribution is 5.83. The molecule has 0 aromatic carbocycles. The van der Waals surface area contributed by atoms with Gasteiger partial charge in [0.25, 0.3) is 0 Å². The van der Waals surface area contributed by atoms with Crippen molar-refractivity contribution in [2.75, 3.05) is 0 Å². The van der Waals surface area contributed by atoms with Crippen LogP contribution in [0.1, 0.15) is 26.7 Å². The second kappa shape index (κ2) is 1.70. The zero-order valence-electron chi connectivity index (χ0n) is 7.63. The molecule has 0 radical (unpaired) electrons. The molecule has 66 valence electrons. The van der Waals surface area contributed by atoms with Gasteiger partial charge in [0.15, 0.2) is 0 Å². The van der Waals surface area contributed by atoms with Crippen LogP contribution in [0.4, 0.5) is 0 Å². The molecule has 0 aromatic rings. The van der Waals surface area contributed by atoms with E-state index in [9.17, 15) is 4.79 Å². The number of carbonyl (C=O) groups excluding carboxylic acids is 1. The van der Waals surface area contributed by atoms with Gasteiger partial charge in [-0.2, -0.15) is 0 Å². The van der Waals surface area contributed by atoms with Gasteiger partial charge in [-0.3, -0.25) is 4.79 Å². The van der Waals surface area contributed by atoms with Crippen molar-refractivity contribution in [2.24, 2.45) is 23.2 Å². The molecule has 1 saturated heterocycles. The fourth-order valence-corrected chi connectivity index (χ4v) is 3.71. The van der Waals surface area contributed by atoms with Gasteiger partial charge in [0.1, 0.15) is 0 Å². The second-order valence-electron chi connectivity index (χ2n) is 5.25. The molecule has 2 bridgehead atoms. The highest BCUT2D eigenvalue weighted by atomic mass is 16.2. The second-order valence-corrected chi connectivity index (χ2v) is 5.25. The number of nitrogens with one attached hydrogen (secondary N) is 1. The SMILES string of the molecule is CC1(C)C2CC3C(=O)NC1C3C2. The van der Waals surface area contributed by atoms with Crippen LogP contribution in [0.5, 0.6) is 0 Å². The van der Waals surface area contributed by atoms with Crippen LogP contribution >= 0.6 is 0 Å². The average molecular weight is 165 g/mol. The van der Waals surface area contributed by atoms with Gasteiger partial charge in [-0.05, 0) is 30.1 Å². The normalized spacial score (nSPS) is 53.0. The molecule has 2 heteroatoms. The van der Waals surface area contributed by atoms with Crippen molar-refractivity contribution in [3.8, 4) is 0 Å². The third kappa shape index (κ3) is 0.540. The first-order chi connectivity index (χ1) is 5.60. The van der Waals surface area contributed by atoms with E-state index in [1.54, 1.807) is 0 Å². The Labute approximate surface area is 72.7 Å². The van der Waals surface area contributed by atoms with Crippen molar-refractivity contribution in [3.05, 3.63) is 0 Å². The maximum atomic E-state index is 11.5. The van der Waals surface area contributed by atoms with Crippen LogP contribution in [0.3, 0.4) is 0 Å². The van der Waals surface area contributed by atoms with Crippen molar-refractivity contribution in [3.63, 3.8) is 0 Å².